The second-order valence-corrected chi connectivity index (χ2v) is 6.24. The van der Waals surface area contributed by atoms with Crippen LogP contribution in [0.15, 0.2) is 48.5 Å². The largest absolute Gasteiger partial charge is 0.497 e. The van der Waals surface area contributed by atoms with Gasteiger partial charge in [0.2, 0.25) is 0 Å². The molecule has 0 aliphatic heterocycles. The molecule has 124 valence electrons. The van der Waals surface area contributed by atoms with E-state index < -0.39 is 0 Å². The molecule has 1 amide bonds. The number of hydrogen-bond donors (Lipinski definition) is 0. The van der Waals surface area contributed by atoms with Crippen LogP contribution in [0.25, 0.3) is 10.2 Å². The van der Waals surface area contributed by atoms with Crippen LogP contribution in [-0.2, 0) is 16.1 Å². The number of rotatable bonds is 6. The fraction of sp³-hybridized carbons (Fsp3) is 0.222. The third-order valence-corrected chi connectivity index (χ3v) is 4.61. The first kappa shape index (κ1) is 16.4. The fourth-order valence-corrected chi connectivity index (χ4v) is 3.38. The molecule has 1 aromatic heterocycles. The highest BCUT2D eigenvalue weighted by molar-refractivity contribution is 7.22. The second-order valence-electron chi connectivity index (χ2n) is 5.23. The van der Waals surface area contributed by atoms with E-state index in [0.29, 0.717) is 11.7 Å². The van der Waals surface area contributed by atoms with Crippen LogP contribution in [0.3, 0.4) is 0 Å². The van der Waals surface area contributed by atoms with Crippen LogP contribution < -0.4 is 9.64 Å². The number of aromatic nitrogens is 1. The molecule has 0 atom stereocenters. The van der Waals surface area contributed by atoms with Crippen molar-refractivity contribution in [2.75, 3.05) is 25.7 Å². The summed E-state index contributed by atoms with van der Waals surface area (Å²) >= 11 is 1.47. The maximum absolute atomic E-state index is 12.5. The number of benzene rings is 2. The summed E-state index contributed by atoms with van der Waals surface area (Å²) in [5, 5.41) is 0.657. The molecule has 24 heavy (non-hydrogen) atoms. The average Bonchev–Trinajstić information content (AvgIpc) is 3.03. The van der Waals surface area contributed by atoms with Crippen LogP contribution in [0.1, 0.15) is 5.56 Å². The maximum atomic E-state index is 12.5. The number of nitrogens with zero attached hydrogens (tertiary/aromatic N) is 2. The van der Waals surface area contributed by atoms with Crippen LogP contribution in [0, 0.1) is 0 Å². The van der Waals surface area contributed by atoms with Gasteiger partial charge in [-0.2, -0.15) is 0 Å². The normalized spacial score (nSPS) is 10.8. The number of carbonyl (C=O) groups excluding carboxylic acids is 1. The Labute approximate surface area is 144 Å². The van der Waals surface area contributed by atoms with Crippen molar-refractivity contribution < 1.29 is 14.3 Å². The quantitative estimate of drug-likeness (QED) is 0.688. The molecule has 0 unspecified atom stereocenters. The highest BCUT2D eigenvalue weighted by Crippen LogP contribution is 2.32. The minimum Gasteiger partial charge on any atom is -0.497 e. The highest BCUT2D eigenvalue weighted by atomic mass is 32.1. The number of thiazole rings is 1. The first-order chi connectivity index (χ1) is 11.7. The van der Waals surface area contributed by atoms with Crippen molar-refractivity contribution in [1.29, 1.82) is 0 Å². The van der Waals surface area contributed by atoms with Gasteiger partial charge in [-0.25, -0.2) is 4.98 Å². The van der Waals surface area contributed by atoms with E-state index in [1.165, 1.54) is 18.4 Å². The summed E-state index contributed by atoms with van der Waals surface area (Å²) in [6.07, 6.45) is 0. The predicted molar refractivity (Wildman–Crippen MR) is 95.7 cm³/mol. The van der Waals surface area contributed by atoms with Gasteiger partial charge in [0, 0.05) is 7.11 Å². The Hall–Kier alpha value is -2.44. The van der Waals surface area contributed by atoms with Gasteiger partial charge in [-0.3, -0.25) is 9.69 Å². The molecule has 5 nitrogen and oxygen atoms in total. The fourth-order valence-electron chi connectivity index (χ4n) is 2.37. The lowest BCUT2D eigenvalue weighted by Gasteiger charge is -2.19. The van der Waals surface area contributed by atoms with Crippen molar-refractivity contribution in [3.63, 3.8) is 0 Å². The molecule has 0 aliphatic rings. The molecule has 3 aromatic rings. The van der Waals surface area contributed by atoms with E-state index in [1.54, 1.807) is 12.0 Å². The summed E-state index contributed by atoms with van der Waals surface area (Å²) in [4.78, 5) is 18.8. The van der Waals surface area contributed by atoms with Crippen molar-refractivity contribution in [3.05, 3.63) is 54.1 Å². The van der Waals surface area contributed by atoms with Crippen molar-refractivity contribution in [2.24, 2.45) is 0 Å². The standard InChI is InChI=1S/C18H18N2O3S/c1-22-12-17(21)20(11-13-6-4-3-5-7-13)18-19-15-9-8-14(23-2)10-16(15)24-18/h3-10H,11-12H2,1-2H3. The van der Waals surface area contributed by atoms with Crippen molar-refractivity contribution >= 4 is 32.6 Å². The molecule has 3 rings (SSSR count). The van der Waals surface area contributed by atoms with Crippen molar-refractivity contribution in [2.45, 2.75) is 6.54 Å². The zero-order chi connectivity index (χ0) is 16.9. The van der Waals surface area contributed by atoms with E-state index in [2.05, 4.69) is 4.98 Å². The Morgan fingerprint density at radius 2 is 1.96 bits per heavy atom. The van der Waals surface area contributed by atoms with Gasteiger partial charge in [-0.1, -0.05) is 41.7 Å². The lowest BCUT2D eigenvalue weighted by Crippen LogP contribution is -2.33. The molecular weight excluding hydrogens is 324 g/mol. The monoisotopic (exact) mass is 342 g/mol. The molecular formula is C18H18N2O3S. The van der Waals surface area contributed by atoms with Gasteiger partial charge < -0.3 is 9.47 Å². The van der Waals surface area contributed by atoms with Crippen LogP contribution in [0.4, 0.5) is 5.13 Å². The number of anilines is 1. The summed E-state index contributed by atoms with van der Waals surface area (Å²) in [5.41, 5.74) is 1.89. The topological polar surface area (TPSA) is 51.7 Å². The van der Waals surface area contributed by atoms with Gasteiger partial charge in [-0.15, -0.1) is 0 Å². The van der Waals surface area contributed by atoms with Gasteiger partial charge in [0.05, 0.1) is 23.9 Å². The van der Waals surface area contributed by atoms with Gasteiger partial charge in [0.1, 0.15) is 12.4 Å². The molecule has 0 N–H and O–H groups in total. The number of ether oxygens (including phenoxy) is 2. The Balaban J connectivity index is 1.96. The summed E-state index contributed by atoms with van der Waals surface area (Å²) in [6.45, 7) is 0.478. The summed E-state index contributed by atoms with van der Waals surface area (Å²) < 4.78 is 11.3. The number of fused-ring (bicyclic) bond motifs is 1. The van der Waals surface area contributed by atoms with Gasteiger partial charge in [-0.05, 0) is 23.8 Å². The highest BCUT2D eigenvalue weighted by Gasteiger charge is 2.20. The van der Waals surface area contributed by atoms with Crippen LogP contribution >= 0.6 is 11.3 Å². The molecule has 0 saturated carbocycles. The predicted octanol–water partition coefficient (Wildman–Crippen LogP) is 3.48. The Bertz CT molecular complexity index is 833. The summed E-state index contributed by atoms with van der Waals surface area (Å²) in [7, 11) is 3.15. The summed E-state index contributed by atoms with van der Waals surface area (Å²) in [6, 6.07) is 15.5. The first-order valence-corrected chi connectivity index (χ1v) is 8.30. The van der Waals surface area contributed by atoms with Gasteiger partial charge in [0.25, 0.3) is 5.91 Å². The lowest BCUT2D eigenvalue weighted by atomic mass is 10.2. The van der Waals surface area contributed by atoms with Crippen molar-refractivity contribution in [1.82, 2.24) is 4.98 Å². The van der Waals surface area contributed by atoms with E-state index in [1.807, 2.05) is 48.5 Å². The second kappa shape index (κ2) is 7.42. The van der Waals surface area contributed by atoms with E-state index in [9.17, 15) is 4.79 Å². The van der Waals surface area contributed by atoms with E-state index in [-0.39, 0.29) is 12.5 Å². The van der Waals surface area contributed by atoms with E-state index in [0.717, 1.165) is 21.5 Å². The molecule has 0 aliphatic carbocycles. The molecule has 0 radical (unpaired) electrons. The van der Waals surface area contributed by atoms with E-state index in [4.69, 9.17) is 9.47 Å². The number of hydrogen-bond acceptors (Lipinski definition) is 5. The molecule has 2 aromatic carbocycles. The summed E-state index contributed by atoms with van der Waals surface area (Å²) in [5.74, 6) is 0.655. The third-order valence-electron chi connectivity index (χ3n) is 3.57. The van der Waals surface area contributed by atoms with Gasteiger partial charge in [0.15, 0.2) is 5.13 Å². The third kappa shape index (κ3) is 3.55. The first-order valence-electron chi connectivity index (χ1n) is 7.49. The van der Waals surface area contributed by atoms with Crippen molar-refractivity contribution in [3.8, 4) is 5.75 Å². The van der Waals surface area contributed by atoms with E-state index >= 15 is 0 Å². The van der Waals surface area contributed by atoms with Crippen LogP contribution in [0.5, 0.6) is 5.75 Å². The Morgan fingerprint density at radius 1 is 1.17 bits per heavy atom. The molecule has 0 bridgehead atoms. The molecule has 1 heterocycles. The number of methoxy groups -OCH3 is 2. The van der Waals surface area contributed by atoms with Crippen LogP contribution in [0.2, 0.25) is 0 Å². The average molecular weight is 342 g/mol. The molecule has 0 spiro atoms. The lowest BCUT2D eigenvalue weighted by molar-refractivity contribution is -0.122. The molecule has 0 fully saturated rings. The number of carbonyl (C=O) groups is 1. The zero-order valence-corrected chi connectivity index (χ0v) is 14.4. The zero-order valence-electron chi connectivity index (χ0n) is 13.6. The van der Waals surface area contributed by atoms with Gasteiger partial charge >= 0.3 is 0 Å². The Morgan fingerprint density at radius 3 is 2.67 bits per heavy atom. The smallest absolute Gasteiger partial charge is 0.255 e. The minimum atomic E-state index is -0.118. The number of amides is 1. The molecule has 6 heteroatoms. The Kier molecular flexibility index (Phi) is 5.08. The van der Waals surface area contributed by atoms with Crippen LogP contribution in [-0.4, -0.2) is 31.7 Å². The maximum Gasteiger partial charge on any atom is 0.255 e. The molecule has 0 saturated heterocycles. The minimum absolute atomic E-state index is 0.0199. The SMILES string of the molecule is COCC(=O)N(Cc1ccccc1)c1nc2ccc(OC)cc2s1.